The standard InChI is InChI=1S/C28H29Cl2N3O3/c1-35-23-6-5-20(12-21(23)16-36-24-4-2-3-22(29)26(24)30)27(34)31-25-7-8-33(32-25)28-13-17-9-18(14-28)11-19(10-17)15-28/h2-8,12,17-19H,9-11,13-16H2,1H3,(H,31,32,34). The first-order chi connectivity index (χ1) is 17.4. The Morgan fingerprint density at radius 3 is 2.47 bits per heavy atom. The second-order valence-electron chi connectivity index (χ2n) is 10.6. The second kappa shape index (κ2) is 9.31. The summed E-state index contributed by atoms with van der Waals surface area (Å²) >= 11 is 12.3. The molecule has 1 N–H and O–H groups in total. The molecule has 1 amide bonds. The maximum atomic E-state index is 13.1. The van der Waals surface area contributed by atoms with E-state index in [2.05, 4.69) is 10.00 Å². The van der Waals surface area contributed by atoms with Crippen LogP contribution >= 0.6 is 23.2 Å². The largest absolute Gasteiger partial charge is 0.496 e. The van der Waals surface area contributed by atoms with Gasteiger partial charge in [0.15, 0.2) is 5.82 Å². The fraction of sp³-hybridized carbons (Fsp3) is 0.429. The lowest BCUT2D eigenvalue weighted by atomic mass is 9.53. The lowest BCUT2D eigenvalue weighted by Gasteiger charge is -2.56. The van der Waals surface area contributed by atoms with E-state index in [1.54, 1.807) is 43.5 Å². The van der Waals surface area contributed by atoms with E-state index in [4.69, 9.17) is 37.8 Å². The quantitative estimate of drug-likeness (QED) is 0.362. The highest BCUT2D eigenvalue weighted by Crippen LogP contribution is 2.58. The van der Waals surface area contributed by atoms with Gasteiger partial charge in [0.25, 0.3) is 5.91 Å². The van der Waals surface area contributed by atoms with Crippen LogP contribution in [0.25, 0.3) is 0 Å². The molecule has 4 saturated carbocycles. The highest BCUT2D eigenvalue weighted by Gasteiger charge is 2.52. The van der Waals surface area contributed by atoms with Crippen LogP contribution in [0.2, 0.25) is 10.0 Å². The number of aromatic nitrogens is 2. The summed E-state index contributed by atoms with van der Waals surface area (Å²) in [6, 6.07) is 12.4. The summed E-state index contributed by atoms with van der Waals surface area (Å²) in [7, 11) is 1.59. The molecule has 0 unspecified atom stereocenters. The lowest BCUT2D eigenvalue weighted by Crippen LogP contribution is -2.52. The number of hydrogen-bond acceptors (Lipinski definition) is 4. The van der Waals surface area contributed by atoms with E-state index in [-0.39, 0.29) is 18.1 Å². The third kappa shape index (κ3) is 4.35. The van der Waals surface area contributed by atoms with Crippen LogP contribution in [-0.4, -0.2) is 22.8 Å². The Morgan fingerprint density at radius 1 is 1.06 bits per heavy atom. The Morgan fingerprint density at radius 2 is 1.78 bits per heavy atom. The molecule has 0 aliphatic heterocycles. The van der Waals surface area contributed by atoms with Crippen LogP contribution < -0.4 is 14.8 Å². The molecular weight excluding hydrogens is 497 g/mol. The van der Waals surface area contributed by atoms with Gasteiger partial charge >= 0.3 is 0 Å². The number of carbonyl (C=O) groups is 1. The second-order valence-corrected chi connectivity index (χ2v) is 11.4. The van der Waals surface area contributed by atoms with Crippen molar-refractivity contribution in [3.63, 3.8) is 0 Å². The number of ether oxygens (including phenoxy) is 2. The van der Waals surface area contributed by atoms with Crippen molar-refractivity contribution in [2.24, 2.45) is 17.8 Å². The van der Waals surface area contributed by atoms with Crippen LogP contribution in [-0.2, 0) is 12.1 Å². The van der Waals surface area contributed by atoms with Gasteiger partial charge in [0, 0.05) is 23.4 Å². The summed E-state index contributed by atoms with van der Waals surface area (Å²) in [6.07, 6.45) is 9.85. The normalized spacial score (nSPS) is 26.1. The zero-order valence-electron chi connectivity index (χ0n) is 20.2. The van der Waals surface area contributed by atoms with E-state index >= 15 is 0 Å². The number of hydrogen-bond donors (Lipinski definition) is 1. The molecule has 4 aliphatic carbocycles. The first-order valence-electron chi connectivity index (χ1n) is 12.5. The van der Waals surface area contributed by atoms with Crippen molar-refractivity contribution in [1.82, 2.24) is 9.78 Å². The Hall–Kier alpha value is -2.70. The maximum absolute atomic E-state index is 13.1. The van der Waals surface area contributed by atoms with Crippen LogP contribution in [0, 0.1) is 17.8 Å². The smallest absolute Gasteiger partial charge is 0.256 e. The summed E-state index contributed by atoms with van der Waals surface area (Å²) in [5.74, 6) is 3.94. The highest BCUT2D eigenvalue weighted by atomic mass is 35.5. The summed E-state index contributed by atoms with van der Waals surface area (Å²) in [5, 5.41) is 8.57. The van der Waals surface area contributed by atoms with Crippen LogP contribution in [0.5, 0.6) is 11.5 Å². The molecule has 1 aromatic heterocycles. The van der Waals surface area contributed by atoms with E-state index in [0.29, 0.717) is 32.9 Å². The van der Waals surface area contributed by atoms with Gasteiger partial charge in [0.05, 0.1) is 17.7 Å². The number of methoxy groups -OCH3 is 1. The predicted molar refractivity (Wildman–Crippen MR) is 140 cm³/mol. The van der Waals surface area contributed by atoms with Crippen LogP contribution in [0.1, 0.15) is 54.4 Å². The van der Waals surface area contributed by atoms with E-state index in [9.17, 15) is 4.79 Å². The lowest BCUT2D eigenvalue weighted by molar-refractivity contribution is -0.0492. The van der Waals surface area contributed by atoms with Gasteiger partial charge in [-0.05, 0) is 86.6 Å². The SMILES string of the molecule is COc1ccc(C(=O)Nc2ccn(C34CC5CC(CC(C5)C3)C4)n2)cc1COc1cccc(Cl)c1Cl. The number of anilines is 1. The minimum Gasteiger partial charge on any atom is -0.496 e. The molecule has 2 aromatic carbocycles. The van der Waals surface area contributed by atoms with Gasteiger partial charge in [-0.2, -0.15) is 5.10 Å². The van der Waals surface area contributed by atoms with E-state index in [1.165, 1.54) is 38.5 Å². The molecule has 3 aromatic rings. The van der Waals surface area contributed by atoms with Crippen LogP contribution in [0.15, 0.2) is 48.7 Å². The van der Waals surface area contributed by atoms with Gasteiger partial charge in [0.1, 0.15) is 23.1 Å². The average molecular weight is 526 g/mol. The molecule has 0 atom stereocenters. The Balaban J connectivity index is 1.17. The van der Waals surface area contributed by atoms with E-state index in [0.717, 1.165) is 23.3 Å². The summed E-state index contributed by atoms with van der Waals surface area (Å²) < 4.78 is 13.5. The monoisotopic (exact) mass is 525 g/mol. The fourth-order valence-corrected chi connectivity index (χ4v) is 7.32. The maximum Gasteiger partial charge on any atom is 0.256 e. The molecule has 36 heavy (non-hydrogen) atoms. The van der Waals surface area contributed by atoms with E-state index in [1.807, 2.05) is 12.3 Å². The Kier molecular flexibility index (Phi) is 6.12. The van der Waals surface area contributed by atoms with Crippen molar-refractivity contribution in [2.45, 2.75) is 50.7 Å². The first kappa shape index (κ1) is 23.7. The Labute approximate surface area is 220 Å². The van der Waals surface area contributed by atoms with Gasteiger partial charge in [-0.1, -0.05) is 29.3 Å². The van der Waals surface area contributed by atoms with Crippen LogP contribution in [0.3, 0.4) is 0 Å². The molecule has 0 spiro atoms. The zero-order chi connectivity index (χ0) is 24.9. The topological polar surface area (TPSA) is 65.4 Å². The number of carbonyl (C=O) groups excluding carboxylic acids is 1. The van der Waals surface area contributed by atoms with Crippen molar-refractivity contribution in [1.29, 1.82) is 0 Å². The molecule has 0 radical (unpaired) electrons. The van der Waals surface area contributed by atoms with Crippen molar-refractivity contribution in [3.8, 4) is 11.5 Å². The summed E-state index contributed by atoms with van der Waals surface area (Å²) in [4.78, 5) is 13.1. The third-order valence-electron chi connectivity index (χ3n) is 8.16. The minimum atomic E-state index is -0.226. The third-order valence-corrected chi connectivity index (χ3v) is 8.97. The van der Waals surface area contributed by atoms with Gasteiger partial charge in [0.2, 0.25) is 0 Å². The number of benzene rings is 2. The summed E-state index contributed by atoms with van der Waals surface area (Å²) in [6.45, 7) is 0.172. The first-order valence-corrected chi connectivity index (χ1v) is 13.3. The van der Waals surface area contributed by atoms with Crippen molar-refractivity contribution in [3.05, 3.63) is 69.8 Å². The number of nitrogens with one attached hydrogen (secondary N) is 1. The number of halogens is 2. The Bertz CT molecular complexity index is 1270. The molecule has 7 rings (SSSR count). The molecule has 4 aliphatic rings. The zero-order valence-corrected chi connectivity index (χ0v) is 21.7. The average Bonchev–Trinajstić information content (AvgIpc) is 3.33. The molecule has 8 heteroatoms. The molecule has 4 fully saturated rings. The molecule has 188 valence electrons. The fourth-order valence-electron chi connectivity index (χ4n) is 6.97. The molecular formula is C28H29Cl2N3O3. The predicted octanol–water partition coefficient (Wildman–Crippen LogP) is 6.96. The highest BCUT2D eigenvalue weighted by molar-refractivity contribution is 6.42. The van der Waals surface area contributed by atoms with Gasteiger partial charge in [-0.3, -0.25) is 9.48 Å². The summed E-state index contributed by atoms with van der Waals surface area (Å²) in [5.41, 5.74) is 1.35. The van der Waals surface area contributed by atoms with Gasteiger partial charge < -0.3 is 14.8 Å². The molecule has 6 nitrogen and oxygen atoms in total. The number of rotatable bonds is 7. The van der Waals surface area contributed by atoms with E-state index < -0.39 is 0 Å². The number of nitrogens with zero attached hydrogens (tertiary/aromatic N) is 2. The molecule has 0 saturated heterocycles. The molecule has 4 bridgehead atoms. The molecule has 1 heterocycles. The van der Waals surface area contributed by atoms with Crippen molar-refractivity contribution >= 4 is 34.9 Å². The van der Waals surface area contributed by atoms with Gasteiger partial charge in [-0.15, -0.1) is 0 Å². The number of amides is 1. The van der Waals surface area contributed by atoms with Crippen molar-refractivity contribution < 1.29 is 14.3 Å². The van der Waals surface area contributed by atoms with Gasteiger partial charge in [-0.25, -0.2) is 0 Å². The van der Waals surface area contributed by atoms with Crippen molar-refractivity contribution in [2.75, 3.05) is 12.4 Å². The van der Waals surface area contributed by atoms with Crippen LogP contribution in [0.4, 0.5) is 5.82 Å². The minimum absolute atomic E-state index is 0.129.